The van der Waals surface area contributed by atoms with E-state index >= 15 is 0 Å². The summed E-state index contributed by atoms with van der Waals surface area (Å²) in [5, 5.41) is 11.3. The molecule has 3 heterocycles. The van der Waals surface area contributed by atoms with Crippen molar-refractivity contribution in [3.8, 4) is 0 Å². The van der Waals surface area contributed by atoms with Crippen molar-refractivity contribution in [2.75, 3.05) is 19.8 Å². The molecule has 0 unspecified atom stereocenters. The minimum absolute atomic E-state index is 0.0185. The minimum Gasteiger partial charge on any atom is -0.393 e. The number of pyridine rings is 1. The second-order valence-corrected chi connectivity index (χ2v) is 7.16. The van der Waals surface area contributed by atoms with Gasteiger partial charge in [-0.2, -0.15) is 0 Å². The summed E-state index contributed by atoms with van der Waals surface area (Å²) in [4.78, 5) is 19.5. The zero-order valence-corrected chi connectivity index (χ0v) is 14.5. The predicted molar refractivity (Wildman–Crippen MR) is 95.5 cm³/mol. The average molecular weight is 340 g/mol. The Morgan fingerprint density at radius 3 is 3.00 bits per heavy atom. The lowest BCUT2D eigenvalue weighted by Crippen LogP contribution is -2.48. The molecule has 5 nitrogen and oxygen atoms in total. The number of aliphatic hydroxyl groups is 1. The first-order valence-corrected chi connectivity index (χ1v) is 9.08. The Labute approximate surface area is 147 Å². The molecule has 1 N–H and O–H groups in total. The lowest BCUT2D eigenvalue weighted by atomic mass is 9.89. The highest BCUT2D eigenvalue weighted by Crippen LogP contribution is 2.31. The van der Waals surface area contributed by atoms with Crippen LogP contribution in [0.2, 0.25) is 0 Å². The van der Waals surface area contributed by atoms with E-state index < -0.39 is 0 Å². The van der Waals surface area contributed by atoms with E-state index in [9.17, 15) is 9.90 Å². The van der Waals surface area contributed by atoms with Crippen LogP contribution in [0.5, 0.6) is 0 Å². The molecule has 0 spiro atoms. The summed E-state index contributed by atoms with van der Waals surface area (Å²) in [5.74, 6) is 0.0627. The number of likely N-dealkylation sites (tertiary alicyclic amines) is 1. The Hall–Kier alpha value is -1.98. The largest absolute Gasteiger partial charge is 0.393 e. The van der Waals surface area contributed by atoms with Gasteiger partial charge in [-0.25, -0.2) is 0 Å². The first-order valence-electron chi connectivity index (χ1n) is 9.08. The van der Waals surface area contributed by atoms with Crippen LogP contribution in [-0.4, -0.2) is 52.8 Å². The summed E-state index contributed by atoms with van der Waals surface area (Å²) in [6.07, 6.45) is 2.19. The molecule has 0 radical (unpaired) electrons. The van der Waals surface area contributed by atoms with Crippen LogP contribution in [-0.2, 0) is 4.74 Å². The molecule has 1 amide bonds. The van der Waals surface area contributed by atoms with E-state index in [1.807, 2.05) is 42.2 Å². The quantitative estimate of drug-likeness (QED) is 0.913. The lowest BCUT2D eigenvalue weighted by Gasteiger charge is -2.37. The molecule has 2 fully saturated rings. The number of carbonyl (C=O) groups excluding carboxylic acids is 1. The molecule has 0 saturated carbocycles. The van der Waals surface area contributed by atoms with Gasteiger partial charge >= 0.3 is 0 Å². The molecule has 132 valence electrons. The molecular weight excluding hydrogens is 316 g/mol. The van der Waals surface area contributed by atoms with Gasteiger partial charge in [0.25, 0.3) is 5.91 Å². The number of fused-ring (bicyclic) bond motifs is 1. The van der Waals surface area contributed by atoms with Crippen LogP contribution in [0, 0.1) is 12.8 Å². The van der Waals surface area contributed by atoms with E-state index in [2.05, 4.69) is 4.98 Å². The van der Waals surface area contributed by atoms with Crippen molar-refractivity contribution < 1.29 is 14.6 Å². The summed E-state index contributed by atoms with van der Waals surface area (Å²) in [5.41, 5.74) is 2.57. The maximum absolute atomic E-state index is 13.1. The number of hydrogen-bond donors (Lipinski definition) is 1. The third-order valence-corrected chi connectivity index (χ3v) is 5.49. The highest BCUT2D eigenvalue weighted by Gasteiger charge is 2.39. The van der Waals surface area contributed by atoms with Crippen molar-refractivity contribution in [1.82, 2.24) is 9.88 Å². The molecule has 2 aliphatic heterocycles. The van der Waals surface area contributed by atoms with Crippen LogP contribution < -0.4 is 0 Å². The van der Waals surface area contributed by atoms with Gasteiger partial charge in [0.05, 0.1) is 18.2 Å². The molecule has 1 aromatic carbocycles. The van der Waals surface area contributed by atoms with Gasteiger partial charge in [0, 0.05) is 41.8 Å². The molecule has 2 aliphatic rings. The van der Waals surface area contributed by atoms with Crippen molar-refractivity contribution in [2.24, 2.45) is 5.92 Å². The van der Waals surface area contributed by atoms with Crippen LogP contribution in [0.25, 0.3) is 10.9 Å². The Morgan fingerprint density at radius 2 is 2.16 bits per heavy atom. The van der Waals surface area contributed by atoms with E-state index in [4.69, 9.17) is 4.74 Å². The zero-order chi connectivity index (χ0) is 17.4. The van der Waals surface area contributed by atoms with Gasteiger partial charge < -0.3 is 14.7 Å². The Bertz CT molecular complexity index is 792. The fourth-order valence-corrected chi connectivity index (χ4v) is 4.13. The first-order chi connectivity index (χ1) is 12.1. The number of benzene rings is 1. The van der Waals surface area contributed by atoms with Crippen LogP contribution in [0.4, 0.5) is 0 Å². The molecule has 25 heavy (non-hydrogen) atoms. The predicted octanol–water partition coefficient (Wildman–Crippen LogP) is 2.55. The van der Waals surface area contributed by atoms with Gasteiger partial charge in [-0.3, -0.25) is 9.78 Å². The Morgan fingerprint density at radius 1 is 1.28 bits per heavy atom. The molecule has 3 atom stereocenters. The number of aryl methyl sites for hydroxylation is 1. The summed E-state index contributed by atoms with van der Waals surface area (Å²) in [7, 11) is 0. The number of amides is 1. The van der Waals surface area contributed by atoms with Gasteiger partial charge in [0.1, 0.15) is 0 Å². The van der Waals surface area contributed by atoms with Crippen molar-refractivity contribution >= 4 is 16.8 Å². The number of rotatable bonds is 2. The summed E-state index contributed by atoms with van der Waals surface area (Å²) >= 11 is 0. The van der Waals surface area contributed by atoms with Crippen LogP contribution in [0.3, 0.4) is 0 Å². The SMILES string of the molecule is Cc1ccc2cc(C(=O)N3CCC[C@@H]3[C@@H]3COCC[C@H]3O)ccc2n1. The van der Waals surface area contributed by atoms with Gasteiger partial charge in [-0.1, -0.05) is 6.07 Å². The van der Waals surface area contributed by atoms with Gasteiger partial charge in [0.15, 0.2) is 0 Å². The maximum Gasteiger partial charge on any atom is 0.254 e. The van der Waals surface area contributed by atoms with Gasteiger partial charge in [-0.05, 0) is 50.5 Å². The van der Waals surface area contributed by atoms with Crippen molar-refractivity contribution in [1.29, 1.82) is 0 Å². The number of nitrogens with zero attached hydrogens (tertiary/aromatic N) is 2. The Kier molecular flexibility index (Phi) is 4.44. The number of aliphatic hydroxyl groups excluding tert-OH is 1. The Balaban J connectivity index is 1.59. The summed E-state index contributed by atoms with van der Waals surface area (Å²) in [6.45, 7) is 3.85. The highest BCUT2D eigenvalue weighted by atomic mass is 16.5. The van der Waals surface area contributed by atoms with E-state index in [1.54, 1.807) is 0 Å². The first kappa shape index (κ1) is 16.5. The van der Waals surface area contributed by atoms with Crippen LogP contribution in [0.15, 0.2) is 30.3 Å². The number of hydrogen-bond acceptors (Lipinski definition) is 4. The van der Waals surface area contributed by atoms with Crippen molar-refractivity contribution in [3.05, 3.63) is 41.6 Å². The van der Waals surface area contributed by atoms with Gasteiger partial charge in [-0.15, -0.1) is 0 Å². The second kappa shape index (κ2) is 6.73. The smallest absolute Gasteiger partial charge is 0.254 e. The van der Waals surface area contributed by atoms with E-state index in [0.717, 1.165) is 36.0 Å². The number of aromatic nitrogens is 1. The maximum atomic E-state index is 13.1. The van der Waals surface area contributed by atoms with Crippen LogP contribution in [0.1, 0.15) is 35.3 Å². The standard InChI is InChI=1S/C20H24N2O3/c1-13-4-5-14-11-15(6-7-17(14)21-13)20(24)22-9-2-3-18(22)16-12-25-10-8-19(16)23/h4-7,11,16,18-19,23H,2-3,8-10,12H2,1H3/t16-,18+,19+/m0/s1. The fraction of sp³-hybridized carbons (Fsp3) is 0.500. The lowest BCUT2D eigenvalue weighted by molar-refractivity contribution is -0.0589. The molecule has 4 rings (SSSR count). The third kappa shape index (κ3) is 3.14. The molecule has 0 bridgehead atoms. The molecule has 0 aliphatic carbocycles. The second-order valence-electron chi connectivity index (χ2n) is 7.16. The highest BCUT2D eigenvalue weighted by molar-refractivity contribution is 5.98. The average Bonchev–Trinajstić information content (AvgIpc) is 3.10. The topological polar surface area (TPSA) is 62.7 Å². The molecule has 2 aromatic rings. The molecular formula is C20H24N2O3. The summed E-state index contributed by atoms with van der Waals surface area (Å²) in [6, 6.07) is 9.74. The van der Waals surface area contributed by atoms with E-state index in [-0.39, 0.29) is 24.0 Å². The fourth-order valence-electron chi connectivity index (χ4n) is 4.13. The van der Waals surface area contributed by atoms with Gasteiger partial charge in [0.2, 0.25) is 0 Å². The molecule has 1 aromatic heterocycles. The zero-order valence-electron chi connectivity index (χ0n) is 14.5. The van der Waals surface area contributed by atoms with Crippen molar-refractivity contribution in [2.45, 2.75) is 38.3 Å². The van der Waals surface area contributed by atoms with Crippen molar-refractivity contribution in [3.63, 3.8) is 0 Å². The monoisotopic (exact) mass is 340 g/mol. The van der Waals surface area contributed by atoms with Crippen LogP contribution >= 0.6 is 0 Å². The number of ether oxygens (including phenoxy) is 1. The van der Waals surface area contributed by atoms with E-state index in [0.29, 0.717) is 25.2 Å². The number of carbonyl (C=O) groups is 1. The molecule has 5 heteroatoms. The third-order valence-electron chi connectivity index (χ3n) is 5.49. The summed E-state index contributed by atoms with van der Waals surface area (Å²) < 4.78 is 5.56. The molecule has 2 saturated heterocycles. The van der Waals surface area contributed by atoms with E-state index in [1.165, 1.54) is 0 Å². The minimum atomic E-state index is -0.379. The normalized spacial score (nSPS) is 27.0.